The molecule has 0 bridgehead atoms. The Labute approximate surface area is 92.2 Å². The molecule has 80 valence electrons. The van der Waals surface area contributed by atoms with Crippen molar-refractivity contribution in [3.63, 3.8) is 0 Å². The first-order valence-corrected chi connectivity index (χ1v) is 6.78. The number of rotatable bonds is 2. The van der Waals surface area contributed by atoms with Crippen molar-refractivity contribution in [2.45, 2.75) is 10.1 Å². The quantitative estimate of drug-likeness (QED) is 0.804. The lowest BCUT2D eigenvalue weighted by Crippen LogP contribution is -2.20. The number of nitrogens with zero attached hydrogens (tertiary/aromatic N) is 1. The number of fused-ring (bicyclic) bond motifs is 1. The summed E-state index contributed by atoms with van der Waals surface area (Å²) in [6.45, 7) is 0. The van der Waals surface area contributed by atoms with Crippen LogP contribution in [0.4, 0.5) is 5.69 Å². The van der Waals surface area contributed by atoms with Gasteiger partial charge in [-0.15, -0.1) is 11.8 Å². The van der Waals surface area contributed by atoms with Gasteiger partial charge in [-0.25, -0.2) is 0 Å². The molecule has 1 aliphatic heterocycles. The van der Waals surface area contributed by atoms with Crippen molar-refractivity contribution in [3.8, 4) is 0 Å². The molecular formula is C9H9NO3S2. The first-order chi connectivity index (χ1) is 7.04. The minimum Gasteiger partial charge on any atom is -0.286 e. The van der Waals surface area contributed by atoms with Crippen LogP contribution in [-0.2, 0) is 10.1 Å². The summed E-state index contributed by atoms with van der Waals surface area (Å²) in [5.74, 6) is -0.296. The number of hydrogen-bond donors (Lipinski definition) is 1. The molecule has 4 nitrogen and oxygen atoms in total. The zero-order chi connectivity index (χ0) is 10.9. The predicted octanol–water partition coefficient (Wildman–Crippen LogP) is 1.75. The van der Waals surface area contributed by atoms with Crippen LogP contribution in [0.5, 0.6) is 0 Å². The number of para-hydroxylation sites is 1. The van der Waals surface area contributed by atoms with E-state index in [1.54, 1.807) is 6.21 Å². The molecule has 0 aromatic heterocycles. The summed E-state index contributed by atoms with van der Waals surface area (Å²) < 4.78 is 30.1. The minimum absolute atomic E-state index is 0.296. The molecule has 1 aromatic carbocycles. The lowest BCUT2D eigenvalue weighted by molar-refractivity contribution is 0.484. The molecule has 1 unspecified atom stereocenters. The Hall–Kier alpha value is -0.850. The van der Waals surface area contributed by atoms with E-state index in [9.17, 15) is 8.42 Å². The number of thioether (sulfide) groups is 1. The molecule has 0 fully saturated rings. The second kappa shape index (κ2) is 3.96. The van der Waals surface area contributed by atoms with E-state index in [0.29, 0.717) is 0 Å². The molecular weight excluding hydrogens is 234 g/mol. The second-order valence-electron chi connectivity index (χ2n) is 3.15. The SMILES string of the molecule is O=S(=O)(O)CC1C=Nc2ccccc2S1. The van der Waals surface area contributed by atoms with Gasteiger partial charge in [-0.1, -0.05) is 12.1 Å². The van der Waals surface area contributed by atoms with Crippen molar-refractivity contribution < 1.29 is 13.0 Å². The highest BCUT2D eigenvalue weighted by atomic mass is 32.2. The van der Waals surface area contributed by atoms with Gasteiger partial charge in [0.1, 0.15) is 0 Å². The highest BCUT2D eigenvalue weighted by molar-refractivity contribution is 8.01. The third-order valence-corrected chi connectivity index (χ3v) is 4.08. The molecule has 0 aliphatic carbocycles. The van der Waals surface area contributed by atoms with Crippen LogP contribution >= 0.6 is 11.8 Å². The summed E-state index contributed by atoms with van der Waals surface area (Å²) >= 11 is 1.40. The fraction of sp³-hybridized carbons (Fsp3) is 0.222. The Kier molecular flexibility index (Phi) is 2.81. The van der Waals surface area contributed by atoms with Gasteiger partial charge in [0, 0.05) is 11.1 Å². The Morgan fingerprint density at radius 1 is 1.40 bits per heavy atom. The normalized spacial score (nSPS) is 19.9. The van der Waals surface area contributed by atoms with Crippen LogP contribution in [0.3, 0.4) is 0 Å². The average molecular weight is 243 g/mol. The molecule has 2 rings (SSSR count). The van der Waals surface area contributed by atoms with Gasteiger partial charge in [0.15, 0.2) is 0 Å². The van der Waals surface area contributed by atoms with Crippen molar-refractivity contribution in [3.05, 3.63) is 24.3 Å². The molecule has 0 amide bonds. The molecule has 15 heavy (non-hydrogen) atoms. The first kappa shape index (κ1) is 10.7. The van der Waals surface area contributed by atoms with Crippen molar-refractivity contribution in [2.75, 3.05) is 5.75 Å². The highest BCUT2D eigenvalue weighted by Crippen LogP contribution is 2.35. The van der Waals surface area contributed by atoms with Crippen LogP contribution in [-0.4, -0.2) is 30.2 Å². The number of hydrogen-bond acceptors (Lipinski definition) is 4. The summed E-state index contributed by atoms with van der Waals surface area (Å²) in [5, 5.41) is -0.310. The summed E-state index contributed by atoms with van der Waals surface area (Å²) in [7, 11) is -3.94. The monoisotopic (exact) mass is 243 g/mol. The van der Waals surface area contributed by atoms with Gasteiger partial charge >= 0.3 is 0 Å². The van der Waals surface area contributed by atoms with Crippen molar-refractivity contribution in [1.29, 1.82) is 0 Å². The fourth-order valence-electron chi connectivity index (χ4n) is 1.31. The summed E-state index contributed by atoms with van der Waals surface area (Å²) in [6, 6.07) is 7.49. The Bertz CT molecular complexity index is 496. The lowest BCUT2D eigenvalue weighted by atomic mass is 10.3. The van der Waals surface area contributed by atoms with Gasteiger partial charge in [0.2, 0.25) is 0 Å². The van der Waals surface area contributed by atoms with E-state index >= 15 is 0 Å². The maximum Gasteiger partial charge on any atom is 0.266 e. The average Bonchev–Trinajstić information content (AvgIpc) is 2.15. The third kappa shape index (κ3) is 2.80. The van der Waals surface area contributed by atoms with Crippen LogP contribution in [0.25, 0.3) is 0 Å². The molecule has 0 spiro atoms. The summed E-state index contributed by atoms with van der Waals surface area (Å²) in [4.78, 5) is 5.08. The van der Waals surface area contributed by atoms with Crippen LogP contribution in [0.15, 0.2) is 34.2 Å². The van der Waals surface area contributed by atoms with E-state index in [-0.39, 0.29) is 11.0 Å². The molecule has 0 saturated heterocycles. The largest absolute Gasteiger partial charge is 0.286 e. The van der Waals surface area contributed by atoms with Gasteiger partial charge in [0.05, 0.1) is 16.7 Å². The molecule has 1 N–H and O–H groups in total. The number of aliphatic imine (C=N–C) groups is 1. The zero-order valence-corrected chi connectivity index (χ0v) is 9.33. The molecule has 1 heterocycles. The Balaban J connectivity index is 2.20. The summed E-state index contributed by atoms with van der Waals surface area (Å²) in [5.41, 5.74) is 0.842. The van der Waals surface area contributed by atoms with E-state index in [4.69, 9.17) is 4.55 Å². The van der Waals surface area contributed by atoms with Crippen LogP contribution < -0.4 is 0 Å². The van der Waals surface area contributed by atoms with Crippen LogP contribution in [0.2, 0.25) is 0 Å². The zero-order valence-electron chi connectivity index (χ0n) is 7.70. The van der Waals surface area contributed by atoms with E-state index < -0.39 is 10.1 Å². The molecule has 1 aromatic rings. The van der Waals surface area contributed by atoms with E-state index in [0.717, 1.165) is 10.6 Å². The van der Waals surface area contributed by atoms with Crippen molar-refractivity contribution in [1.82, 2.24) is 0 Å². The predicted molar refractivity (Wildman–Crippen MR) is 60.7 cm³/mol. The molecule has 0 radical (unpaired) electrons. The maximum atomic E-state index is 10.7. The smallest absolute Gasteiger partial charge is 0.266 e. The minimum atomic E-state index is -3.94. The van der Waals surface area contributed by atoms with Crippen molar-refractivity contribution >= 4 is 33.8 Å². The highest BCUT2D eigenvalue weighted by Gasteiger charge is 2.20. The van der Waals surface area contributed by atoms with Gasteiger partial charge in [-0.2, -0.15) is 8.42 Å². The molecule has 1 aliphatic rings. The van der Waals surface area contributed by atoms with Gasteiger partial charge in [-0.3, -0.25) is 9.55 Å². The van der Waals surface area contributed by atoms with Crippen molar-refractivity contribution in [2.24, 2.45) is 4.99 Å². The maximum absolute atomic E-state index is 10.7. The molecule has 1 atom stereocenters. The second-order valence-corrected chi connectivity index (χ2v) is 5.93. The Morgan fingerprint density at radius 2 is 2.13 bits per heavy atom. The lowest BCUT2D eigenvalue weighted by Gasteiger charge is -2.16. The van der Waals surface area contributed by atoms with Gasteiger partial charge in [0.25, 0.3) is 10.1 Å². The van der Waals surface area contributed by atoms with Gasteiger partial charge < -0.3 is 0 Å². The molecule has 0 saturated carbocycles. The third-order valence-electron chi connectivity index (χ3n) is 1.90. The van der Waals surface area contributed by atoms with E-state index in [1.807, 2.05) is 24.3 Å². The topological polar surface area (TPSA) is 66.7 Å². The van der Waals surface area contributed by atoms with Crippen LogP contribution in [0, 0.1) is 0 Å². The Morgan fingerprint density at radius 3 is 2.87 bits per heavy atom. The number of benzene rings is 1. The van der Waals surface area contributed by atoms with Gasteiger partial charge in [-0.05, 0) is 12.1 Å². The first-order valence-electron chi connectivity index (χ1n) is 4.30. The molecule has 6 heteroatoms. The fourth-order valence-corrected chi connectivity index (χ4v) is 3.44. The standard InChI is InChI=1S/C9H9NO3S2/c11-15(12,13)6-7-5-10-8-3-1-2-4-9(8)14-7/h1-5,7H,6H2,(H,11,12,13). The summed E-state index contributed by atoms with van der Waals surface area (Å²) in [6.07, 6.45) is 1.56. The van der Waals surface area contributed by atoms with E-state index in [2.05, 4.69) is 4.99 Å². The van der Waals surface area contributed by atoms with E-state index in [1.165, 1.54) is 11.8 Å². The van der Waals surface area contributed by atoms with Crippen LogP contribution in [0.1, 0.15) is 0 Å².